The zero-order valence-corrected chi connectivity index (χ0v) is 34.0. The van der Waals surface area contributed by atoms with E-state index in [1.807, 2.05) is 0 Å². The second kappa shape index (κ2) is 41.3. The highest BCUT2D eigenvalue weighted by atomic mass is 16.3. The summed E-state index contributed by atoms with van der Waals surface area (Å²) in [6.07, 6.45) is 51.1. The molecule has 51 heavy (non-hydrogen) atoms. The lowest BCUT2D eigenvalue weighted by Crippen LogP contribution is -2.50. The quantitative estimate of drug-likeness (QED) is 0.0375. The van der Waals surface area contributed by atoms with Crippen LogP contribution in [0.15, 0.2) is 36.5 Å². The molecule has 0 bridgehead atoms. The number of hydrogen-bond acceptors (Lipinski definition) is 4. The molecule has 0 aliphatic carbocycles. The molecule has 0 aromatic rings. The Morgan fingerprint density at radius 3 is 1.20 bits per heavy atom. The first-order valence-corrected chi connectivity index (χ1v) is 22.3. The Labute approximate surface area is 317 Å². The molecule has 0 rings (SSSR count). The van der Waals surface area contributed by atoms with Gasteiger partial charge in [0, 0.05) is 6.42 Å². The van der Waals surface area contributed by atoms with Crippen molar-refractivity contribution >= 4 is 5.91 Å². The molecule has 3 unspecified atom stereocenters. The molecule has 1 amide bonds. The Morgan fingerprint density at radius 2 is 0.804 bits per heavy atom. The monoisotopic (exact) mass is 718 g/mol. The van der Waals surface area contributed by atoms with Crippen LogP contribution in [0.3, 0.4) is 0 Å². The van der Waals surface area contributed by atoms with E-state index < -0.39 is 18.2 Å². The van der Waals surface area contributed by atoms with Crippen LogP contribution in [0.5, 0.6) is 0 Å². The van der Waals surface area contributed by atoms with Gasteiger partial charge in [-0.1, -0.05) is 179 Å². The highest BCUT2D eigenvalue weighted by Gasteiger charge is 2.26. The number of unbranched alkanes of at least 4 members (excludes halogenated alkanes) is 26. The fourth-order valence-electron chi connectivity index (χ4n) is 6.70. The SMILES string of the molecule is CCCCCCCC/C=C/CC/C=C/CCCC(O)C(O)C(CO)NC(=O)CCCCCCCCC/C=C\CCCCCCCCCCCCC. The largest absolute Gasteiger partial charge is 0.394 e. The van der Waals surface area contributed by atoms with Gasteiger partial charge in [0.1, 0.15) is 6.10 Å². The van der Waals surface area contributed by atoms with Gasteiger partial charge in [-0.2, -0.15) is 0 Å². The molecule has 3 atom stereocenters. The van der Waals surface area contributed by atoms with E-state index in [-0.39, 0.29) is 12.5 Å². The lowest BCUT2D eigenvalue weighted by atomic mass is 10.0. The van der Waals surface area contributed by atoms with Gasteiger partial charge in [0.05, 0.1) is 18.8 Å². The molecule has 0 radical (unpaired) electrons. The van der Waals surface area contributed by atoms with Crippen molar-refractivity contribution < 1.29 is 20.1 Å². The highest BCUT2D eigenvalue weighted by Crippen LogP contribution is 2.14. The maximum absolute atomic E-state index is 12.4. The van der Waals surface area contributed by atoms with Crippen LogP contribution in [0.4, 0.5) is 0 Å². The molecule has 300 valence electrons. The lowest BCUT2D eigenvalue weighted by Gasteiger charge is -2.26. The molecular formula is C46H87NO4. The third-order valence-electron chi connectivity index (χ3n) is 10.2. The van der Waals surface area contributed by atoms with Crippen LogP contribution < -0.4 is 5.32 Å². The fourth-order valence-corrected chi connectivity index (χ4v) is 6.70. The van der Waals surface area contributed by atoms with Crippen LogP contribution in [0.25, 0.3) is 0 Å². The Balaban J connectivity index is 3.67. The number of aliphatic hydroxyl groups excluding tert-OH is 3. The number of hydrogen-bond donors (Lipinski definition) is 4. The van der Waals surface area contributed by atoms with Crippen molar-refractivity contribution in [1.29, 1.82) is 0 Å². The molecule has 5 nitrogen and oxygen atoms in total. The maximum Gasteiger partial charge on any atom is 0.220 e. The van der Waals surface area contributed by atoms with Crippen LogP contribution in [0.2, 0.25) is 0 Å². The number of rotatable bonds is 40. The normalized spacial score (nSPS) is 13.9. The smallest absolute Gasteiger partial charge is 0.220 e. The predicted molar refractivity (Wildman–Crippen MR) is 222 cm³/mol. The highest BCUT2D eigenvalue weighted by molar-refractivity contribution is 5.76. The summed E-state index contributed by atoms with van der Waals surface area (Å²) in [7, 11) is 0. The van der Waals surface area contributed by atoms with Gasteiger partial charge in [-0.25, -0.2) is 0 Å². The maximum atomic E-state index is 12.4. The minimum atomic E-state index is -1.17. The summed E-state index contributed by atoms with van der Waals surface area (Å²) in [5.41, 5.74) is 0. The molecule has 0 heterocycles. The molecule has 0 saturated carbocycles. The number of allylic oxidation sites excluding steroid dienone is 6. The molecule has 0 aromatic carbocycles. The van der Waals surface area contributed by atoms with E-state index in [1.54, 1.807) is 0 Å². The molecule has 0 aromatic heterocycles. The van der Waals surface area contributed by atoms with E-state index in [1.165, 1.54) is 154 Å². The van der Waals surface area contributed by atoms with Gasteiger partial charge in [0.2, 0.25) is 5.91 Å². The van der Waals surface area contributed by atoms with Crippen LogP contribution in [-0.2, 0) is 4.79 Å². The van der Waals surface area contributed by atoms with Gasteiger partial charge in [-0.3, -0.25) is 4.79 Å². The van der Waals surface area contributed by atoms with E-state index in [0.717, 1.165) is 44.9 Å². The first-order valence-electron chi connectivity index (χ1n) is 22.3. The van der Waals surface area contributed by atoms with Crippen molar-refractivity contribution in [2.24, 2.45) is 0 Å². The lowest BCUT2D eigenvalue weighted by molar-refractivity contribution is -0.124. The summed E-state index contributed by atoms with van der Waals surface area (Å²) in [5, 5.41) is 33.5. The van der Waals surface area contributed by atoms with Gasteiger partial charge >= 0.3 is 0 Å². The van der Waals surface area contributed by atoms with Gasteiger partial charge in [0.25, 0.3) is 0 Å². The standard InChI is InChI=1S/C46H87NO4/c1-3-5-7-9-11-13-15-17-19-20-21-22-23-24-25-27-29-31-33-35-37-39-41-45(50)47-43(42-48)46(51)44(49)40-38-36-34-32-30-28-26-18-16-14-12-10-8-6-4-2/h18,23-24,26,32,34,43-44,46,48-49,51H,3-17,19-22,25,27-31,33,35-42H2,1-2H3,(H,47,50)/b24-23-,26-18+,34-32+. The number of carbonyl (C=O) groups excluding carboxylic acids is 1. The molecule has 5 heteroatoms. The topological polar surface area (TPSA) is 89.8 Å². The zero-order chi connectivity index (χ0) is 37.3. The van der Waals surface area contributed by atoms with Gasteiger partial charge < -0.3 is 20.6 Å². The second-order valence-corrected chi connectivity index (χ2v) is 15.2. The summed E-state index contributed by atoms with van der Waals surface area (Å²) in [5.74, 6) is -0.163. The van der Waals surface area contributed by atoms with Crippen molar-refractivity contribution in [2.45, 2.75) is 244 Å². The Morgan fingerprint density at radius 1 is 0.471 bits per heavy atom. The number of carbonyl (C=O) groups is 1. The number of nitrogens with one attached hydrogen (secondary N) is 1. The third kappa shape index (κ3) is 36.7. The first kappa shape index (κ1) is 49.6. The summed E-state index contributed by atoms with van der Waals surface area (Å²) in [4.78, 5) is 12.4. The van der Waals surface area contributed by atoms with Crippen molar-refractivity contribution in [3.8, 4) is 0 Å². The minimum Gasteiger partial charge on any atom is -0.394 e. The number of amides is 1. The molecule has 0 spiro atoms. The average molecular weight is 718 g/mol. The second-order valence-electron chi connectivity index (χ2n) is 15.2. The van der Waals surface area contributed by atoms with E-state index in [0.29, 0.717) is 12.8 Å². The summed E-state index contributed by atoms with van der Waals surface area (Å²) >= 11 is 0. The number of aliphatic hydroxyl groups is 3. The zero-order valence-electron chi connectivity index (χ0n) is 34.0. The van der Waals surface area contributed by atoms with Gasteiger partial charge in [-0.15, -0.1) is 0 Å². The molecular weight excluding hydrogens is 631 g/mol. The average Bonchev–Trinajstić information content (AvgIpc) is 3.13. The van der Waals surface area contributed by atoms with Crippen LogP contribution in [-0.4, -0.2) is 46.1 Å². The van der Waals surface area contributed by atoms with Crippen molar-refractivity contribution in [1.82, 2.24) is 5.32 Å². The van der Waals surface area contributed by atoms with Crippen LogP contribution >= 0.6 is 0 Å². The molecule has 4 N–H and O–H groups in total. The molecule has 0 saturated heterocycles. The van der Waals surface area contributed by atoms with Crippen LogP contribution in [0.1, 0.15) is 226 Å². The first-order chi connectivity index (χ1) is 25.1. The summed E-state index contributed by atoms with van der Waals surface area (Å²) in [6, 6.07) is -0.833. The minimum absolute atomic E-state index is 0.163. The van der Waals surface area contributed by atoms with Crippen LogP contribution in [0, 0.1) is 0 Å². The molecule has 0 aliphatic heterocycles. The fraction of sp³-hybridized carbons (Fsp3) is 0.848. The van der Waals surface area contributed by atoms with Crippen molar-refractivity contribution in [3.63, 3.8) is 0 Å². The summed E-state index contributed by atoms with van der Waals surface area (Å²) in [6.45, 7) is 4.15. The molecule has 0 fully saturated rings. The van der Waals surface area contributed by atoms with Gasteiger partial charge in [-0.05, 0) is 77.0 Å². The third-order valence-corrected chi connectivity index (χ3v) is 10.2. The van der Waals surface area contributed by atoms with Crippen molar-refractivity contribution in [3.05, 3.63) is 36.5 Å². The predicted octanol–water partition coefficient (Wildman–Crippen LogP) is 12.8. The Hall–Kier alpha value is -1.43. The van der Waals surface area contributed by atoms with E-state index in [4.69, 9.17) is 0 Å². The van der Waals surface area contributed by atoms with E-state index >= 15 is 0 Å². The molecule has 0 aliphatic rings. The van der Waals surface area contributed by atoms with E-state index in [2.05, 4.69) is 55.6 Å². The van der Waals surface area contributed by atoms with Crippen molar-refractivity contribution in [2.75, 3.05) is 6.61 Å². The Bertz CT molecular complexity index is 794. The summed E-state index contributed by atoms with van der Waals surface area (Å²) < 4.78 is 0. The Kier molecular flexibility index (Phi) is 40.2. The van der Waals surface area contributed by atoms with E-state index in [9.17, 15) is 20.1 Å². The van der Waals surface area contributed by atoms with Gasteiger partial charge in [0.15, 0.2) is 0 Å².